The van der Waals surface area contributed by atoms with Crippen LogP contribution in [0, 0.1) is 0 Å². The Labute approximate surface area is 86.3 Å². The predicted octanol–water partition coefficient (Wildman–Crippen LogP) is 4.60. The number of hydrogen-bond donors (Lipinski definition) is 0. The van der Waals surface area contributed by atoms with Crippen molar-refractivity contribution in [2.24, 2.45) is 0 Å². The Morgan fingerprint density at radius 3 is 2.23 bits per heavy atom. The molecule has 0 saturated heterocycles. The van der Waals surface area contributed by atoms with Crippen LogP contribution >= 0.6 is 11.6 Å². The molecule has 0 heterocycles. The van der Waals surface area contributed by atoms with Crippen LogP contribution < -0.4 is 0 Å². The summed E-state index contributed by atoms with van der Waals surface area (Å²) < 4.78 is 0. The van der Waals surface area contributed by atoms with Crippen molar-refractivity contribution in [3.63, 3.8) is 0 Å². The molecule has 0 spiro atoms. The SMILES string of the molecule is C=CC(=C)Cl.C=CC1=CCCCC1. The van der Waals surface area contributed by atoms with E-state index in [1.54, 1.807) is 0 Å². The molecule has 0 N–H and O–H groups in total. The summed E-state index contributed by atoms with van der Waals surface area (Å²) in [7, 11) is 0. The number of halogens is 1. The number of allylic oxidation sites excluding steroid dienone is 5. The van der Waals surface area contributed by atoms with E-state index in [1.165, 1.54) is 37.3 Å². The Morgan fingerprint density at radius 2 is 2.00 bits per heavy atom. The highest BCUT2D eigenvalue weighted by Crippen LogP contribution is 2.16. The monoisotopic (exact) mass is 196 g/mol. The summed E-state index contributed by atoms with van der Waals surface area (Å²) in [6.45, 7) is 10.4. The van der Waals surface area contributed by atoms with Gasteiger partial charge >= 0.3 is 0 Å². The van der Waals surface area contributed by atoms with Gasteiger partial charge in [0.2, 0.25) is 0 Å². The second-order valence-electron chi connectivity index (χ2n) is 2.88. The summed E-state index contributed by atoms with van der Waals surface area (Å²) in [6, 6.07) is 0. The number of hydrogen-bond acceptors (Lipinski definition) is 0. The molecule has 0 fully saturated rings. The summed E-state index contributed by atoms with van der Waals surface area (Å²) in [5.41, 5.74) is 1.44. The van der Waals surface area contributed by atoms with E-state index in [4.69, 9.17) is 11.6 Å². The molecule has 0 unspecified atom stereocenters. The molecule has 0 radical (unpaired) electrons. The fraction of sp³-hybridized carbons (Fsp3) is 0.333. The van der Waals surface area contributed by atoms with Gasteiger partial charge in [0.05, 0.1) is 0 Å². The fourth-order valence-electron chi connectivity index (χ4n) is 1.05. The molecule has 1 aliphatic carbocycles. The van der Waals surface area contributed by atoms with Crippen molar-refractivity contribution in [2.45, 2.75) is 25.7 Å². The molecule has 1 heteroatoms. The van der Waals surface area contributed by atoms with E-state index in [1.807, 2.05) is 6.08 Å². The molecule has 0 bridgehead atoms. The molecule has 0 aromatic heterocycles. The van der Waals surface area contributed by atoms with Crippen LogP contribution in [0.1, 0.15) is 25.7 Å². The first-order valence-corrected chi connectivity index (χ1v) is 4.86. The zero-order valence-electron chi connectivity index (χ0n) is 8.06. The van der Waals surface area contributed by atoms with E-state index in [9.17, 15) is 0 Å². The van der Waals surface area contributed by atoms with Crippen molar-refractivity contribution in [1.82, 2.24) is 0 Å². The van der Waals surface area contributed by atoms with Gasteiger partial charge in [-0.3, -0.25) is 0 Å². The Morgan fingerprint density at radius 1 is 1.38 bits per heavy atom. The lowest BCUT2D eigenvalue weighted by atomic mass is 10.0. The van der Waals surface area contributed by atoms with Crippen molar-refractivity contribution in [3.05, 3.63) is 48.6 Å². The minimum absolute atomic E-state index is 0.491. The van der Waals surface area contributed by atoms with Gasteiger partial charge in [0, 0.05) is 5.03 Å². The van der Waals surface area contributed by atoms with Gasteiger partial charge in [-0.05, 0) is 25.7 Å². The molecule has 0 aromatic rings. The fourth-order valence-corrected chi connectivity index (χ4v) is 1.05. The van der Waals surface area contributed by atoms with Crippen LogP contribution in [0.25, 0.3) is 0 Å². The van der Waals surface area contributed by atoms with Crippen LogP contribution in [0.3, 0.4) is 0 Å². The maximum absolute atomic E-state index is 5.15. The molecule has 72 valence electrons. The molecule has 1 aliphatic rings. The van der Waals surface area contributed by atoms with E-state index < -0.39 is 0 Å². The second-order valence-corrected chi connectivity index (χ2v) is 3.37. The Kier molecular flexibility index (Phi) is 7.42. The molecule has 0 nitrogen and oxygen atoms in total. The quantitative estimate of drug-likeness (QED) is 0.567. The Bertz CT molecular complexity index is 211. The number of rotatable bonds is 2. The highest BCUT2D eigenvalue weighted by atomic mass is 35.5. The Balaban J connectivity index is 0.000000252. The van der Waals surface area contributed by atoms with E-state index in [-0.39, 0.29) is 0 Å². The normalized spacial score (nSPS) is 14.7. The molecular formula is C12H17Cl. The van der Waals surface area contributed by atoms with Crippen LogP contribution in [-0.4, -0.2) is 0 Å². The van der Waals surface area contributed by atoms with Crippen molar-refractivity contribution in [1.29, 1.82) is 0 Å². The zero-order valence-corrected chi connectivity index (χ0v) is 8.82. The van der Waals surface area contributed by atoms with Crippen LogP contribution in [0.15, 0.2) is 48.6 Å². The van der Waals surface area contributed by atoms with Gasteiger partial charge in [0.1, 0.15) is 0 Å². The van der Waals surface area contributed by atoms with Gasteiger partial charge in [-0.2, -0.15) is 0 Å². The van der Waals surface area contributed by atoms with Gasteiger partial charge in [0.15, 0.2) is 0 Å². The van der Waals surface area contributed by atoms with Crippen molar-refractivity contribution >= 4 is 11.6 Å². The van der Waals surface area contributed by atoms with Gasteiger partial charge < -0.3 is 0 Å². The topological polar surface area (TPSA) is 0 Å². The Hall–Kier alpha value is -0.750. The first-order valence-electron chi connectivity index (χ1n) is 4.49. The summed E-state index contributed by atoms with van der Waals surface area (Å²) >= 11 is 5.15. The molecule has 13 heavy (non-hydrogen) atoms. The first kappa shape index (κ1) is 12.2. The molecular weight excluding hydrogens is 180 g/mol. The van der Waals surface area contributed by atoms with Gasteiger partial charge in [-0.25, -0.2) is 0 Å². The summed E-state index contributed by atoms with van der Waals surface area (Å²) in [6.07, 6.45) is 11.0. The maximum Gasteiger partial charge on any atom is 0.0328 e. The first-order chi connectivity index (χ1) is 6.20. The lowest BCUT2D eigenvalue weighted by Gasteiger charge is -2.06. The van der Waals surface area contributed by atoms with E-state index in [2.05, 4.69) is 25.8 Å². The average Bonchev–Trinajstić information content (AvgIpc) is 2.20. The third kappa shape index (κ3) is 7.61. The highest BCUT2D eigenvalue weighted by molar-refractivity contribution is 6.30. The van der Waals surface area contributed by atoms with Gasteiger partial charge in [0.25, 0.3) is 0 Å². The molecule has 0 atom stereocenters. The largest absolute Gasteiger partial charge is 0.0988 e. The van der Waals surface area contributed by atoms with Crippen LogP contribution in [0.2, 0.25) is 0 Å². The maximum atomic E-state index is 5.15. The predicted molar refractivity (Wildman–Crippen MR) is 61.9 cm³/mol. The van der Waals surface area contributed by atoms with Gasteiger partial charge in [-0.15, -0.1) is 0 Å². The summed E-state index contributed by atoms with van der Waals surface area (Å²) in [5.74, 6) is 0. The van der Waals surface area contributed by atoms with Crippen LogP contribution in [0.4, 0.5) is 0 Å². The van der Waals surface area contributed by atoms with Crippen LogP contribution in [0.5, 0.6) is 0 Å². The molecule has 0 aliphatic heterocycles. The molecule has 0 aromatic carbocycles. The van der Waals surface area contributed by atoms with E-state index in [0.29, 0.717) is 5.03 Å². The lowest BCUT2D eigenvalue weighted by Crippen LogP contribution is -1.86. The lowest BCUT2D eigenvalue weighted by molar-refractivity contribution is 0.712. The van der Waals surface area contributed by atoms with Crippen molar-refractivity contribution in [3.8, 4) is 0 Å². The minimum Gasteiger partial charge on any atom is -0.0988 e. The second kappa shape index (κ2) is 7.88. The standard InChI is InChI=1S/C8H12.C4H5Cl/c1-2-8-6-4-3-5-7-8;1-3-4(2)5/h2,6H,1,3-5,7H2;3H,1-2H2. The van der Waals surface area contributed by atoms with Gasteiger partial charge in [-0.1, -0.05) is 55.1 Å². The van der Waals surface area contributed by atoms with Crippen molar-refractivity contribution < 1.29 is 0 Å². The van der Waals surface area contributed by atoms with Crippen molar-refractivity contribution in [2.75, 3.05) is 0 Å². The zero-order chi connectivity index (χ0) is 10.1. The highest BCUT2D eigenvalue weighted by Gasteiger charge is 1.97. The van der Waals surface area contributed by atoms with Crippen LogP contribution in [-0.2, 0) is 0 Å². The summed E-state index contributed by atoms with van der Waals surface area (Å²) in [4.78, 5) is 0. The third-order valence-electron chi connectivity index (χ3n) is 1.81. The molecule has 0 amide bonds. The molecule has 0 saturated carbocycles. The third-order valence-corrected chi connectivity index (χ3v) is 1.96. The minimum atomic E-state index is 0.491. The van der Waals surface area contributed by atoms with E-state index in [0.717, 1.165) is 0 Å². The average molecular weight is 197 g/mol. The smallest absolute Gasteiger partial charge is 0.0328 e. The summed E-state index contributed by atoms with van der Waals surface area (Å²) in [5, 5.41) is 0.491. The van der Waals surface area contributed by atoms with E-state index >= 15 is 0 Å². The molecule has 1 rings (SSSR count).